The summed E-state index contributed by atoms with van der Waals surface area (Å²) in [4.78, 5) is 0. The molecular weight excluding hydrogens is 299 g/mol. The summed E-state index contributed by atoms with van der Waals surface area (Å²) in [6.07, 6.45) is 10.0. The van der Waals surface area contributed by atoms with Crippen molar-refractivity contribution in [1.29, 1.82) is 0 Å². The van der Waals surface area contributed by atoms with Gasteiger partial charge in [0.25, 0.3) is 0 Å². The maximum Gasteiger partial charge on any atom is 0.165 e. The second kappa shape index (κ2) is 10.9. The van der Waals surface area contributed by atoms with Crippen molar-refractivity contribution >= 4 is 0 Å². The lowest BCUT2D eigenvalue weighted by atomic mass is 10.1. The monoisotopic (exact) mass is 328 g/mol. The highest BCUT2D eigenvalue weighted by Gasteiger charge is 2.06. The van der Waals surface area contributed by atoms with Crippen LogP contribution in [-0.4, -0.2) is 6.61 Å². The molecular formula is C22H29FO. The Balaban J connectivity index is 1.68. The van der Waals surface area contributed by atoms with Crippen molar-refractivity contribution in [2.45, 2.75) is 58.3 Å². The molecule has 130 valence electrons. The molecule has 0 spiro atoms. The lowest BCUT2D eigenvalue weighted by Crippen LogP contribution is -1.99. The van der Waals surface area contributed by atoms with Crippen LogP contribution in [0.4, 0.5) is 4.39 Å². The highest BCUT2D eigenvalue weighted by atomic mass is 19.1. The summed E-state index contributed by atoms with van der Waals surface area (Å²) in [5.74, 6) is 0.0774. The lowest BCUT2D eigenvalue weighted by Gasteiger charge is -2.09. The molecule has 0 bridgehead atoms. The third-order valence-electron chi connectivity index (χ3n) is 4.29. The maximum atomic E-state index is 14.2. The van der Waals surface area contributed by atoms with Gasteiger partial charge in [0.05, 0.1) is 6.61 Å². The molecule has 0 aliphatic heterocycles. The zero-order valence-electron chi connectivity index (χ0n) is 14.8. The summed E-state index contributed by atoms with van der Waals surface area (Å²) in [5.41, 5.74) is 1.90. The highest BCUT2D eigenvalue weighted by Crippen LogP contribution is 2.25. The molecule has 1 nitrogen and oxygen atoms in total. The zero-order valence-corrected chi connectivity index (χ0v) is 14.8. The fourth-order valence-corrected chi connectivity index (χ4v) is 2.85. The fraction of sp³-hybridized carbons (Fsp3) is 0.455. The quantitative estimate of drug-likeness (QED) is 0.403. The average Bonchev–Trinajstić information content (AvgIpc) is 2.62. The first-order valence-electron chi connectivity index (χ1n) is 9.29. The van der Waals surface area contributed by atoms with Gasteiger partial charge in [-0.05, 0) is 29.7 Å². The van der Waals surface area contributed by atoms with E-state index in [1.807, 2.05) is 36.4 Å². The van der Waals surface area contributed by atoms with E-state index in [1.165, 1.54) is 38.5 Å². The Hall–Kier alpha value is -1.83. The smallest absolute Gasteiger partial charge is 0.165 e. The van der Waals surface area contributed by atoms with E-state index in [4.69, 9.17) is 4.74 Å². The molecule has 0 radical (unpaired) electrons. The van der Waals surface area contributed by atoms with Crippen molar-refractivity contribution in [3.63, 3.8) is 0 Å². The van der Waals surface area contributed by atoms with Crippen LogP contribution in [-0.2, 0) is 0 Å². The molecule has 0 saturated heterocycles. The third kappa shape index (κ3) is 6.35. The molecule has 2 rings (SSSR count). The van der Waals surface area contributed by atoms with E-state index >= 15 is 0 Å². The molecule has 0 fully saturated rings. The van der Waals surface area contributed by atoms with Crippen molar-refractivity contribution in [3.8, 4) is 16.9 Å². The molecule has 0 unspecified atom stereocenters. The number of ether oxygens (including phenoxy) is 1. The number of hydrogen-bond acceptors (Lipinski definition) is 1. The van der Waals surface area contributed by atoms with Crippen molar-refractivity contribution in [2.24, 2.45) is 0 Å². The number of rotatable bonds is 11. The van der Waals surface area contributed by atoms with Gasteiger partial charge in [-0.1, -0.05) is 88.3 Å². The fourth-order valence-electron chi connectivity index (χ4n) is 2.85. The predicted molar refractivity (Wildman–Crippen MR) is 99.9 cm³/mol. The maximum absolute atomic E-state index is 14.2. The summed E-state index contributed by atoms with van der Waals surface area (Å²) in [6, 6.07) is 15.1. The van der Waals surface area contributed by atoms with E-state index in [2.05, 4.69) is 6.92 Å². The topological polar surface area (TPSA) is 9.23 Å². The first kappa shape index (κ1) is 18.5. The van der Waals surface area contributed by atoms with Crippen LogP contribution in [0.2, 0.25) is 0 Å². The summed E-state index contributed by atoms with van der Waals surface area (Å²) in [7, 11) is 0. The van der Waals surface area contributed by atoms with Crippen LogP contribution in [0.15, 0.2) is 48.5 Å². The summed E-state index contributed by atoms with van der Waals surface area (Å²) in [5, 5.41) is 0. The van der Waals surface area contributed by atoms with Crippen LogP contribution in [0.1, 0.15) is 58.3 Å². The second-order valence-electron chi connectivity index (χ2n) is 6.33. The van der Waals surface area contributed by atoms with Crippen molar-refractivity contribution in [1.82, 2.24) is 0 Å². The van der Waals surface area contributed by atoms with Gasteiger partial charge < -0.3 is 4.74 Å². The zero-order chi connectivity index (χ0) is 17.0. The summed E-state index contributed by atoms with van der Waals surface area (Å²) < 4.78 is 19.8. The Morgan fingerprint density at radius 2 is 1.42 bits per heavy atom. The number of hydrogen-bond donors (Lipinski definition) is 0. The summed E-state index contributed by atoms with van der Waals surface area (Å²) >= 11 is 0. The van der Waals surface area contributed by atoms with E-state index in [0.717, 1.165) is 24.0 Å². The molecule has 2 aromatic rings. The minimum atomic E-state index is -0.282. The van der Waals surface area contributed by atoms with Gasteiger partial charge in [0.2, 0.25) is 0 Å². The average molecular weight is 328 g/mol. The van der Waals surface area contributed by atoms with Crippen LogP contribution in [0.3, 0.4) is 0 Å². The first-order chi connectivity index (χ1) is 11.8. The molecule has 24 heavy (non-hydrogen) atoms. The van der Waals surface area contributed by atoms with E-state index < -0.39 is 0 Å². The van der Waals surface area contributed by atoms with Crippen molar-refractivity contribution in [3.05, 3.63) is 54.3 Å². The standard InChI is InChI=1S/C22H29FO/c1-2-3-4-5-6-7-8-12-17-24-22-16-15-20(18-21(22)23)19-13-10-9-11-14-19/h9-11,13-16,18H,2-8,12,17H2,1H3. The number of unbranched alkanes of at least 4 members (excludes halogenated alkanes) is 7. The van der Waals surface area contributed by atoms with Gasteiger partial charge in [-0.15, -0.1) is 0 Å². The van der Waals surface area contributed by atoms with Gasteiger partial charge in [0.1, 0.15) is 0 Å². The highest BCUT2D eigenvalue weighted by molar-refractivity contribution is 5.64. The number of benzene rings is 2. The molecule has 0 heterocycles. The van der Waals surface area contributed by atoms with Gasteiger partial charge in [-0.25, -0.2) is 4.39 Å². The number of halogens is 1. The van der Waals surface area contributed by atoms with Crippen molar-refractivity contribution in [2.75, 3.05) is 6.61 Å². The molecule has 2 heteroatoms. The molecule has 0 aliphatic carbocycles. The molecule has 0 amide bonds. The molecule has 0 N–H and O–H groups in total. The van der Waals surface area contributed by atoms with E-state index in [9.17, 15) is 4.39 Å². The van der Waals surface area contributed by atoms with Gasteiger partial charge in [-0.2, -0.15) is 0 Å². The Bertz CT molecular complexity index is 580. The Kier molecular flexibility index (Phi) is 8.37. The molecule has 0 aliphatic rings. The lowest BCUT2D eigenvalue weighted by molar-refractivity contribution is 0.290. The van der Waals surface area contributed by atoms with E-state index in [0.29, 0.717) is 12.4 Å². The van der Waals surface area contributed by atoms with E-state index in [-0.39, 0.29) is 5.82 Å². The Morgan fingerprint density at radius 1 is 0.750 bits per heavy atom. The Morgan fingerprint density at radius 3 is 2.08 bits per heavy atom. The van der Waals surface area contributed by atoms with Gasteiger partial charge in [0, 0.05) is 0 Å². The predicted octanol–water partition coefficient (Wildman–Crippen LogP) is 7.01. The molecule has 0 saturated carbocycles. The van der Waals surface area contributed by atoms with Gasteiger partial charge in [0.15, 0.2) is 11.6 Å². The van der Waals surface area contributed by atoms with Crippen LogP contribution < -0.4 is 4.74 Å². The van der Waals surface area contributed by atoms with E-state index in [1.54, 1.807) is 12.1 Å². The Labute approximate surface area is 145 Å². The largest absolute Gasteiger partial charge is 0.491 e. The van der Waals surface area contributed by atoms with Crippen LogP contribution in [0, 0.1) is 5.82 Å². The minimum absolute atomic E-state index is 0.282. The SMILES string of the molecule is CCCCCCCCCCOc1ccc(-c2ccccc2)cc1F. The van der Waals surface area contributed by atoms with Crippen molar-refractivity contribution < 1.29 is 9.13 Å². The van der Waals surface area contributed by atoms with Crippen LogP contribution in [0.5, 0.6) is 5.75 Å². The molecule has 0 aromatic heterocycles. The van der Waals surface area contributed by atoms with Crippen LogP contribution in [0.25, 0.3) is 11.1 Å². The van der Waals surface area contributed by atoms with Crippen LogP contribution >= 0.6 is 0 Å². The normalized spacial score (nSPS) is 10.8. The molecule has 2 aromatic carbocycles. The first-order valence-corrected chi connectivity index (χ1v) is 9.29. The third-order valence-corrected chi connectivity index (χ3v) is 4.29. The van der Waals surface area contributed by atoms with Gasteiger partial charge >= 0.3 is 0 Å². The summed E-state index contributed by atoms with van der Waals surface area (Å²) in [6.45, 7) is 2.83. The minimum Gasteiger partial charge on any atom is -0.491 e. The molecule has 0 atom stereocenters. The van der Waals surface area contributed by atoms with Gasteiger partial charge in [-0.3, -0.25) is 0 Å². The second-order valence-corrected chi connectivity index (χ2v) is 6.33.